The fourth-order valence-electron chi connectivity index (χ4n) is 2.93. The molecule has 0 aliphatic heterocycles. The predicted molar refractivity (Wildman–Crippen MR) is 128 cm³/mol. The summed E-state index contributed by atoms with van der Waals surface area (Å²) in [6.45, 7) is 0. The predicted octanol–water partition coefficient (Wildman–Crippen LogP) is 4.92. The molecule has 3 rings (SSSR count). The number of anilines is 1. The molecule has 0 fully saturated rings. The van der Waals surface area contributed by atoms with Crippen LogP contribution in [0.5, 0.6) is 11.5 Å². The third-order valence-corrected chi connectivity index (χ3v) is 5.13. The molecule has 8 nitrogen and oxygen atoms in total. The molecular formula is C25H17BrN2O6. The summed E-state index contributed by atoms with van der Waals surface area (Å²) in [5.41, 5.74) is 0.431. The Labute approximate surface area is 203 Å². The van der Waals surface area contributed by atoms with E-state index in [-0.39, 0.29) is 28.3 Å². The van der Waals surface area contributed by atoms with Gasteiger partial charge in [-0.1, -0.05) is 30.3 Å². The molecule has 3 aromatic rings. The van der Waals surface area contributed by atoms with Crippen LogP contribution < -0.4 is 14.8 Å². The Morgan fingerprint density at radius 2 is 1.74 bits per heavy atom. The number of esters is 1. The minimum absolute atomic E-state index is 0.0584. The van der Waals surface area contributed by atoms with Gasteiger partial charge in [-0.05, 0) is 64.0 Å². The number of aromatic carboxylic acids is 1. The minimum Gasteiger partial charge on any atom is -0.493 e. The number of rotatable bonds is 7. The van der Waals surface area contributed by atoms with E-state index in [9.17, 15) is 24.8 Å². The maximum atomic E-state index is 12.6. The van der Waals surface area contributed by atoms with Crippen molar-refractivity contribution in [1.29, 1.82) is 5.26 Å². The van der Waals surface area contributed by atoms with Crippen LogP contribution in [0, 0.1) is 11.3 Å². The molecule has 0 unspecified atom stereocenters. The minimum atomic E-state index is -1.22. The summed E-state index contributed by atoms with van der Waals surface area (Å²) < 4.78 is 11.2. The smallest absolute Gasteiger partial charge is 0.343 e. The number of para-hydroxylation sites is 1. The number of benzene rings is 3. The Balaban J connectivity index is 1.88. The Morgan fingerprint density at radius 1 is 1.06 bits per heavy atom. The normalized spacial score (nSPS) is 10.7. The first-order valence-corrected chi connectivity index (χ1v) is 10.5. The number of amides is 1. The first-order valence-electron chi connectivity index (χ1n) is 9.74. The first-order chi connectivity index (χ1) is 16.3. The fourth-order valence-corrected chi connectivity index (χ4v) is 3.47. The maximum absolute atomic E-state index is 12.6. The fraction of sp³-hybridized carbons (Fsp3) is 0.0400. The van der Waals surface area contributed by atoms with Gasteiger partial charge in [0, 0.05) is 0 Å². The van der Waals surface area contributed by atoms with Gasteiger partial charge in [0.15, 0.2) is 11.5 Å². The zero-order valence-electron chi connectivity index (χ0n) is 17.7. The van der Waals surface area contributed by atoms with Crippen molar-refractivity contribution < 1.29 is 29.0 Å². The molecule has 1 amide bonds. The summed E-state index contributed by atoms with van der Waals surface area (Å²) in [7, 11) is 1.38. The lowest BCUT2D eigenvalue weighted by Gasteiger charge is -2.13. The summed E-state index contributed by atoms with van der Waals surface area (Å²) in [4.78, 5) is 36.4. The molecule has 0 spiro atoms. The van der Waals surface area contributed by atoms with Crippen LogP contribution in [0.1, 0.15) is 26.3 Å². The van der Waals surface area contributed by atoms with Crippen LogP contribution in [0.25, 0.3) is 6.08 Å². The van der Waals surface area contributed by atoms with Crippen LogP contribution in [-0.2, 0) is 4.79 Å². The van der Waals surface area contributed by atoms with Crippen molar-refractivity contribution in [3.8, 4) is 17.6 Å². The van der Waals surface area contributed by atoms with Gasteiger partial charge in [0.25, 0.3) is 5.91 Å². The molecule has 0 bridgehead atoms. The molecule has 0 heterocycles. The van der Waals surface area contributed by atoms with Gasteiger partial charge in [0.2, 0.25) is 0 Å². The van der Waals surface area contributed by atoms with Crippen molar-refractivity contribution in [2.24, 2.45) is 0 Å². The molecule has 34 heavy (non-hydrogen) atoms. The number of hydrogen-bond acceptors (Lipinski definition) is 6. The largest absolute Gasteiger partial charge is 0.493 e. The SMILES string of the molecule is COc1cc(/C=C(\C#N)C(=O)Nc2ccccc2C(=O)O)cc(Br)c1OC(=O)c1ccccc1. The Morgan fingerprint density at radius 3 is 2.38 bits per heavy atom. The molecule has 3 aromatic carbocycles. The number of nitrogens with one attached hydrogen (secondary N) is 1. The number of nitrogens with zero attached hydrogens (tertiary/aromatic N) is 1. The van der Waals surface area contributed by atoms with Crippen LogP contribution in [0.4, 0.5) is 5.69 Å². The molecule has 0 saturated heterocycles. The third kappa shape index (κ3) is 5.68. The second kappa shape index (κ2) is 10.9. The van der Waals surface area contributed by atoms with Crippen molar-refractivity contribution in [3.05, 3.63) is 93.5 Å². The zero-order chi connectivity index (χ0) is 24.7. The Kier molecular flexibility index (Phi) is 7.79. The van der Waals surface area contributed by atoms with Gasteiger partial charge in [-0.25, -0.2) is 9.59 Å². The summed E-state index contributed by atoms with van der Waals surface area (Å²) in [5, 5.41) is 21.2. The zero-order valence-corrected chi connectivity index (χ0v) is 19.3. The highest BCUT2D eigenvalue weighted by Gasteiger charge is 2.18. The van der Waals surface area contributed by atoms with E-state index >= 15 is 0 Å². The van der Waals surface area contributed by atoms with Gasteiger partial charge in [0.05, 0.1) is 28.4 Å². The lowest BCUT2D eigenvalue weighted by atomic mass is 10.1. The second-order valence-corrected chi connectivity index (χ2v) is 7.62. The molecule has 0 aliphatic carbocycles. The van der Waals surface area contributed by atoms with Crippen molar-refractivity contribution in [1.82, 2.24) is 0 Å². The van der Waals surface area contributed by atoms with Crippen molar-refractivity contribution in [3.63, 3.8) is 0 Å². The highest BCUT2D eigenvalue weighted by Crippen LogP contribution is 2.37. The standard InChI is InChI=1S/C25H17BrN2O6/c1-33-21-13-15(12-19(26)22(21)34-25(32)16-7-3-2-4-8-16)11-17(14-27)23(29)28-20-10-6-5-9-18(20)24(30)31/h2-13H,1H3,(H,28,29)(H,30,31)/b17-11+. The van der Waals surface area contributed by atoms with Crippen molar-refractivity contribution in [2.75, 3.05) is 12.4 Å². The molecule has 0 radical (unpaired) electrons. The van der Waals surface area contributed by atoms with Gasteiger partial charge in [-0.2, -0.15) is 5.26 Å². The van der Waals surface area contributed by atoms with Crippen LogP contribution in [0.15, 0.2) is 76.8 Å². The third-order valence-electron chi connectivity index (χ3n) is 4.54. The average molecular weight is 521 g/mol. The van der Waals surface area contributed by atoms with Gasteiger partial charge in [-0.3, -0.25) is 4.79 Å². The molecule has 0 aliphatic rings. The molecule has 170 valence electrons. The molecule has 0 saturated carbocycles. The number of methoxy groups -OCH3 is 1. The van der Waals surface area contributed by atoms with E-state index in [2.05, 4.69) is 21.2 Å². The van der Waals surface area contributed by atoms with E-state index in [1.54, 1.807) is 48.5 Å². The first kappa shape index (κ1) is 24.2. The number of hydrogen-bond donors (Lipinski definition) is 2. The number of carboxylic acids is 1. The Bertz CT molecular complexity index is 1330. The number of ether oxygens (including phenoxy) is 2. The lowest BCUT2D eigenvalue weighted by molar-refractivity contribution is -0.112. The topological polar surface area (TPSA) is 126 Å². The van der Waals surface area contributed by atoms with Crippen molar-refractivity contribution >= 4 is 45.5 Å². The van der Waals surface area contributed by atoms with Crippen LogP contribution in [0.3, 0.4) is 0 Å². The van der Waals surface area contributed by atoms with E-state index < -0.39 is 17.8 Å². The quantitative estimate of drug-likeness (QED) is 0.196. The molecule has 9 heteroatoms. The molecule has 2 N–H and O–H groups in total. The number of carboxylic acid groups (broad SMARTS) is 1. The second-order valence-electron chi connectivity index (χ2n) is 6.76. The number of carbonyl (C=O) groups excluding carboxylic acids is 2. The maximum Gasteiger partial charge on any atom is 0.343 e. The van der Waals surface area contributed by atoms with Gasteiger partial charge >= 0.3 is 11.9 Å². The van der Waals surface area contributed by atoms with Gasteiger partial charge < -0.3 is 19.9 Å². The number of halogens is 1. The van der Waals surface area contributed by atoms with Crippen LogP contribution in [0.2, 0.25) is 0 Å². The van der Waals surface area contributed by atoms with E-state index in [1.165, 1.54) is 37.5 Å². The molecule has 0 aromatic heterocycles. The number of carbonyl (C=O) groups is 3. The molecular weight excluding hydrogens is 504 g/mol. The highest BCUT2D eigenvalue weighted by atomic mass is 79.9. The van der Waals surface area contributed by atoms with Crippen molar-refractivity contribution in [2.45, 2.75) is 0 Å². The summed E-state index contributed by atoms with van der Waals surface area (Å²) in [6.07, 6.45) is 1.30. The van der Waals surface area contributed by atoms with E-state index in [0.29, 0.717) is 15.6 Å². The number of nitriles is 1. The Hall–Kier alpha value is -4.42. The van der Waals surface area contributed by atoms with E-state index in [1.807, 2.05) is 0 Å². The lowest BCUT2D eigenvalue weighted by Crippen LogP contribution is -2.16. The van der Waals surface area contributed by atoms with E-state index in [4.69, 9.17) is 9.47 Å². The molecule has 0 atom stereocenters. The van der Waals surface area contributed by atoms with Crippen LogP contribution >= 0.6 is 15.9 Å². The van der Waals surface area contributed by atoms with Gasteiger partial charge in [0.1, 0.15) is 11.6 Å². The summed E-state index contributed by atoms with van der Waals surface area (Å²) in [6, 6.07) is 19.1. The summed E-state index contributed by atoms with van der Waals surface area (Å²) in [5.74, 6) is -2.26. The van der Waals surface area contributed by atoms with E-state index in [0.717, 1.165) is 0 Å². The average Bonchev–Trinajstić information content (AvgIpc) is 2.84. The summed E-state index contributed by atoms with van der Waals surface area (Å²) >= 11 is 3.33. The highest BCUT2D eigenvalue weighted by molar-refractivity contribution is 9.10. The van der Waals surface area contributed by atoms with Crippen LogP contribution in [-0.4, -0.2) is 30.1 Å². The monoisotopic (exact) mass is 520 g/mol. The van der Waals surface area contributed by atoms with Gasteiger partial charge in [-0.15, -0.1) is 0 Å².